The molecule has 1 aromatic carbocycles. The molecule has 0 saturated carbocycles. The number of nitrogens with two attached hydrogens (primary N) is 1. The summed E-state index contributed by atoms with van der Waals surface area (Å²) < 4.78 is 27.2. The number of carbonyl (C=O) groups excluding carboxylic acids is 1. The van der Waals surface area contributed by atoms with Gasteiger partial charge in [0.25, 0.3) is 0 Å². The predicted molar refractivity (Wildman–Crippen MR) is 74.7 cm³/mol. The van der Waals surface area contributed by atoms with E-state index < -0.39 is 17.7 Å². The molecule has 1 unspecified atom stereocenters. The van der Waals surface area contributed by atoms with Crippen molar-refractivity contribution in [2.24, 2.45) is 5.73 Å². The largest absolute Gasteiger partial charge is 0.352 e. The van der Waals surface area contributed by atoms with E-state index in [1.807, 2.05) is 0 Å². The van der Waals surface area contributed by atoms with Gasteiger partial charge < -0.3 is 11.1 Å². The number of carbonyl (C=O) groups is 1. The highest BCUT2D eigenvalue weighted by molar-refractivity contribution is 5.71. The van der Waals surface area contributed by atoms with Crippen LogP contribution in [0.3, 0.4) is 0 Å². The molecule has 0 radical (unpaired) electrons. The SMILES string of the molecule is NC(=O)NC1CCN(C2CCc3c(F)cc(F)cc32)CC1. The minimum atomic E-state index is -0.511. The van der Waals surface area contributed by atoms with Crippen LogP contribution in [0.25, 0.3) is 0 Å². The second kappa shape index (κ2) is 5.60. The maximum absolute atomic E-state index is 13.8. The highest BCUT2D eigenvalue weighted by atomic mass is 19.1. The van der Waals surface area contributed by atoms with Crippen molar-refractivity contribution in [3.05, 3.63) is 34.9 Å². The zero-order valence-corrected chi connectivity index (χ0v) is 11.7. The monoisotopic (exact) mass is 295 g/mol. The molecule has 3 N–H and O–H groups in total. The molecule has 1 saturated heterocycles. The van der Waals surface area contributed by atoms with Crippen LogP contribution in [0.1, 0.15) is 36.4 Å². The van der Waals surface area contributed by atoms with Crippen molar-refractivity contribution in [3.8, 4) is 0 Å². The summed E-state index contributed by atoms with van der Waals surface area (Å²) >= 11 is 0. The average Bonchev–Trinajstić information content (AvgIpc) is 2.83. The van der Waals surface area contributed by atoms with Crippen LogP contribution in [-0.2, 0) is 6.42 Å². The van der Waals surface area contributed by atoms with E-state index in [2.05, 4.69) is 10.2 Å². The number of fused-ring (bicyclic) bond motifs is 1. The number of urea groups is 1. The Balaban J connectivity index is 1.70. The Morgan fingerprint density at radius 2 is 1.95 bits per heavy atom. The summed E-state index contributed by atoms with van der Waals surface area (Å²) in [5, 5.41) is 2.72. The number of halogens is 2. The van der Waals surface area contributed by atoms with E-state index in [0.29, 0.717) is 12.0 Å². The van der Waals surface area contributed by atoms with Crippen LogP contribution in [0.2, 0.25) is 0 Å². The zero-order valence-electron chi connectivity index (χ0n) is 11.7. The number of amides is 2. The van der Waals surface area contributed by atoms with Crippen molar-refractivity contribution in [1.29, 1.82) is 0 Å². The molecule has 0 spiro atoms. The van der Waals surface area contributed by atoms with Gasteiger partial charge in [0.2, 0.25) is 0 Å². The third kappa shape index (κ3) is 2.85. The number of rotatable bonds is 2. The molecule has 2 amide bonds. The fourth-order valence-electron chi connectivity index (χ4n) is 3.56. The van der Waals surface area contributed by atoms with E-state index in [1.165, 1.54) is 6.07 Å². The minimum absolute atomic E-state index is 0.0831. The Labute approximate surface area is 122 Å². The maximum atomic E-state index is 13.8. The zero-order chi connectivity index (χ0) is 15.0. The average molecular weight is 295 g/mol. The lowest BCUT2D eigenvalue weighted by Gasteiger charge is -2.36. The molecule has 1 heterocycles. The maximum Gasteiger partial charge on any atom is 0.312 e. The van der Waals surface area contributed by atoms with Gasteiger partial charge in [-0.3, -0.25) is 4.90 Å². The number of nitrogens with zero attached hydrogens (tertiary/aromatic N) is 1. The van der Waals surface area contributed by atoms with Crippen LogP contribution in [0.5, 0.6) is 0 Å². The van der Waals surface area contributed by atoms with E-state index in [0.717, 1.165) is 44.0 Å². The molecular weight excluding hydrogens is 276 g/mol. The van der Waals surface area contributed by atoms with Crippen molar-refractivity contribution in [2.75, 3.05) is 13.1 Å². The normalized spacial score (nSPS) is 23.0. The molecule has 6 heteroatoms. The molecule has 1 aliphatic carbocycles. The lowest BCUT2D eigenvalue weighted by atomic mass is 10.00. The van der Waals surface area contributed by atoms with Crippen molar-refractivity contribution in [1.82, 2.24) is 10.2 Å². The first kappa shape index (κ1) is 14.3. The van der Waals surface area contributed by atoms with Gasteiger partial charge in [0.1, 0.15) is 11.6 Å². The first-order valence-corrected chi connectivity index (χ1v) is 7.32. The van der Waals surface area contributed by atoms with Gasteiger partial charge in [-0.1, -0.05) is 0 Å². The Morgan fingerprint density at radius 3 is 2.62 bits per heavy atom. The second-order valence-corrected chi connectivity index (χ2v) is 5.83. The van der Waals surface area contributed by atoms with Crippen LogP contribution in [-0.4, -0.2) is 30.1 Å². The molecule has 1 aromatic rings. The van der Waals surface area contributed by atoms with Crippen LogP contribution < -0.4 is 11.1 Å². The molecule has 4 nitrogen and oxygen atoms in total. The summed E-state index contributed by atoms with van der Waals surface area (Å²) in [4.78, 5) is 13.1. The summed E-state index contributed by atoms with van der Waals surface area (Å²) in [7, 11) is 0. The predicted octanol–water partition coefficient (Wildman–Crippen LogP) is 2.08. The number of likely N-dealkylation sites (tertiary alicyclic amines) is 1. The van der Waals surface area contributed by atoms with Gasteiger partial charge in [0.15, 0.2) is 0 Å². The molecule has 1 atom stereocenters. The standard InChI is InChI=1S/C15H19F2N3O/c16-9-7-12-11(13(17)8-9)1-2-14(12)20-5-3-10(4-6-20)19-15(18)21/h7-8,10,14H,1-6H2,(H3,18,19,21). The van der Waals surface area contributed by atoms with E-state index in [1.54, 1.807) is 0 Å². The first-order chi connectivity index (χ1) is 10.0. The van der Waals surface area contributed by atoms with Crippen molar-refractivity contribution < 1.29 is 13.6 Å². The van der Waals surface area contributed by atoms with Crippen molar-refractivity contribution >= 4 is 6.03 Å². The molecule has 21 heavy (non-hydrogen) atoms. The van der Waals surface area contributed by atoms with E-state index in [9.17, 15) is 13.6 Å². The van der Waals surface area contributed by atoms with Gasteiger partial charge in [0, 0.05) is 31.2 Å². The number of piperidine rings is 1. The quantitative estimate of drug-likeness (QED) is 0.877. The molecule has 2 aliphatic rings. The fourth-order valence-corrected chi connectivity index (χ4v) is 3.56. The molecule has 1 aliphatic heterocycles. The summed E-state index contributed by atoms with van der Waals surface area (Å²) in [6.07, 6.45) is 3.11. The van der Waals surface area contributed by atoms with Crippen LogP contribution >= 0.6 is 0 Å². The van der Waals surface area contributed by atoms with E-state index in [-0.39, 0.29) is 12.1 Å². The lowest BCUT2D eigenvalue weighted by Crippen LogP contribution is -2.46. The van der Waals surface area contributed by atoms with Crippen LogP contribution in [0, 0.1) is 11.6 Å². The summed E-state index contributed by atoms with van der Waals surface area (Å²) in [5.41, 5.74) is 6.57. The Kier molecular flexibility index (Phi) is 3.80. The minimum Gasteiger partial charge on any atom is -0.352 e. The molecule has 0 bridgehead atoms. The van der Waals surface area contributed by atoms with Crippen molar-refractivity contribution in [3.63, 3.8) is 0 Å². The number of primary amides is 1. The third-order valence-corrected chi connectivity index (χ3v) is 4.54. The van der Waals surface area contributed by atoms with Gasteiger partial charge in [-0.05, 0) is 42.9 Å². The summed E-state index contributed by atoms with van der Waals surface area (Å²) in [6, 6.07) is 2.11. The highest BCUT2D eigenvalue weighted by Gasteiger charge is 2.32. The molecular formula is C15H19F2N3O. The number of hydrogen-bond acceptors (Lipinski definition) is 2. The van der Waals surface area contributed by atoms with Gasteiger partial charge in [0.05, 0.1) is 0 Å². The van der Waals surface area contributed by atoms with Crippen molar-refractivity contribution in [2.45, 2.75) is 37.8 Å². The van der Waals surface area contributed by atoms with E-state index in [4.69, 9.17) is 5.73 Å². The Morgan fingerprint density at radius 1 is 1.24 bits per heavy atom. The number of benzene rings is 1. The van der Waals surface area contributed by atoms with Crippen LogP contribution in [0.15, 0.2) is 12.1 Å². The number of nitrogens with one attached hydrogen (secondary N) is 1. The summed E-state index contributed by atoms with van der Waals surface area (Å²) in [6.45, 7) is 1.60. The Hall–Kier alpha value is -1.69. The summed E-state index contributed by atoms with van der Waals surface area (Å²) in [5.74, 6) is -0.943. The smallest absolute Gasteiger partial charge is 0.312 e. The lowest BCUT2D eigenvalue weighted by molar-refractivity contribution is 0.144. The second-order valence-electron chi connectivity index (χ2n) is 5.83. The van der Waals surface area contributed by atoms with Gasteiger partial charge in [-0.2, -0.15) is 0 Å². The van der Waals surface area contributed by atoms with Gasteiger partial charge in [-0.25, -0.2) is 13.6 Å². The number of hydrogen-bond donors (Lipinski definition) is 2. The molecule has 114 valence electrons. The van der Waals surface area contributed by atoms with E-state index >= 15 is 0 Å². The third-order valence-electron chi connectivity index (χ3n) is 4.54. The molecule has 1 fully saturated rings. The highest BCUT2D eigenvalue weighted by Crippen LogP contribution is 2.38. The fraction of sp³-hybridized carbons (Fsp3) is 0.533. The van der Waals surface area contributed by atoms with Gasteiger partial charge in [-0.15, -0.1) is 0 Å². The van der Waals surface area contributed by atoms with Crippen LogP contribution in [0.4, 0.5) is 13.6 Å². The Bertz CT molecular complexity index is 556. The molecule has 3 rings (SSSR count). The topological polar surface area (TPSA) is 58.4 Å². The van der Waals surface area contributed by atoms with Gasteiger partial charge >= 0.3 is 6.03 Å². The molecule has 0 aromatic heterocycles. The first-order valence-electron chi connectivity index (χ1n) is 7.32.